The van der Waals surface area contributed by atoms with E-state index in [2.05, 4.69) is 0 Å². The Morgan fingerprint density at radius 2 is 0.966 bits per heavy atom. The van der Waals surface area contributed by atoms with Gasteiger partial charge in [0, 0.05) is 11.1 Å². The number of carbonyl (C=O) groups is 4. The van der Waals surface area contributed by atoms with Gasteiger partial charge >= 0.3 is 29.6 Å². The van der Waals surface area contributed by atoms with Crippen molar-refractivity contribution in [2.75, 3.05) is 0 Å². The summed E-state index contributed by atoms with van der Waals surface area (Å²) < 4.78 is 30.5. The average molecular weight is 431 g/mol. The van der Waals surface area contributed by atoms with Crippen molar-refractivity contribution in [1.82, 2.24) is 0 Å². The zero-order valence-electron chi connectivity index (χ0n) is 14.5. The summed E-state index contributed by atoms with van der Waals surface area (Å²) in [5.74, 6) is -6.51. The number of hydrogen-bond donors (Lipinski definition) is 1. The van der Waals surface area contributed by atoms with Gasteiger partial charge in [0.25, 0.3) is 10.1 Å². The van der Waals surface area contributed by atoms with Crippen LogP contribution in [0.5, 0.6) is 0 Å². The smallest absolute Gasteiger partial charge is 0.545 e. The van der Waals surface area contributed by atoms with Gasteiger partial charge in [-0.05, 0) is 11.1 Å². The van der Waals surface area contributed by atoms with E-state index in [1.165, 1.54) is 0 Å². The molecular formula is C16H8NaO11S-3. The predicted molar refractivity (Wildman–Crippen MR) is 80.0 cm³/mol. The fourth-order valence-electron chi connectivity index (χ4n) is 1.88. The summed E-state index contributed by atoms with van der Waals surface area (Å²) in [6.45, 7) is 0. The first kappa shape index (κ1) is 26.2. The molecule has 0 aliphatic carbocycles. The van der Waals surface area contributed by atoms with E-state index in [0.717, 1.165) is 42.5 Å². The van der Waals surface area contributed by atoms with Gasteiger partial charge in [0.15, 0.2) is 0 Å². The van der Waals surface area contributed by atoms with Crippen molar-refractivity contribution in [3.8, 4) is 0 Å². The second-order valence-electron chi connectivity index (χ2n) is 4.88. The number of aromatic carboxylic acids is 4. The molecular weight excluding hydrogens is 423 g/mol. The van der Waals surface area contributed by atoms with E-state index >= 15 is 0 Å². The molecule has 2 aromatic carbocycles. The van der Waals surface area contributed by atoms with Gasteiger partial charge in [-0.2, -0.15) is 8.42 Å². The quantitative estimate of drug-likeness (QED) is 0.346. The van der Waals surface area contributed by atoms with Crippen molar-refractivity contribution < 1.29 is 82.1 Å². The third-order valence-corrected chi connectivity index (χ3v) is 4.02. The summed E-state index contributed by atoms with van der Waals surface area (Å²) in [4.78, 5) is 40.3. The average Bonchev–Trinajstić information content (AvgIpc) is 2.60. The van der Waals surface area contributed by atoms with Crippen LogP contribution in [-0.4, -0.2) is 36.8 Å². The Hall–Kier alpha value is -2.77. The summed E-state index contributed by atoms with van der Waals surface area (Å²) in [6.07, 6.45) is 0. The van der Waals surface area contributed by atoms with Crippen LogP contribution in [0.2, 0.25) is 0 Å². The third-order valence-electron chi connectivity index (χ3n) is 3.07. The molecule has 148 valence electrons. The van der Waals surface area contributed by atoms with Crippen LogP contribution in [0.4, 0.5) is 0 Å². The van der Waals surface area contributed by atoms with Crippen molar-refractivity contribution in [3.63, 3.8) is 0 Å². The molecule has 29 heavy (non-hydrogen) atoms. The molecule has 0 fully saturated rings. The van der Waals surface area contributed by atoms with Crippen LogP contribution in [0.1, 0.15) is 41.4 Å². The zero-order chi connectivity index (χ0) is 21.6. The largest absolute Gasteiger partial charge is 1.00 e. The fraction of sp³-hybridized carbons (Fsp3) is 0. The van der Waals surface area contributed by atoms with Gasteiger partial charge in [0.1, 0.15) is 4.90 Å². The van der Waals surface area contributed by atoms with Crippen LogP contribution in [0.25, 0.3) is 0 Å². The molecule has 0 amide bonds. The van der Waals surface area contributed by atoms with Crippen LogP contribution < -0.4 is 50.0 Å². The molecule has 2 rings (SSSR count). The van der Waals surface area contributed by atoms with Gasteiger partial charge in [-0.3, -0.25) is 4.55 Å². The van der Waals surface area contributed by atoms with E-state index in [4.69, 9.17) is 4.55 Å². The molecule has 0 spiro atoms. The van der Waals surface area contributed by atoms with Crippen molar-refractivity contribution in [2.24, 2.45) is 0 Å². The van der Waals surface area contributed by atoms with E-state index in [9.17, 15) is 48.0 Å². The molecule has 0 saturated carbocycles. The van der Waals surface area contributed by atoms with Gasteiger partial charge in [0.05, 0.1) is 23.9 Å². The molecule has 0 aliphatic rings. The van der Waals surface area contributed by atoms with E-state index in [1.807, 2.05) is 0 Å². The SMILES string of the molecule is O=C([O-])c1ccc(C(=O)[O-])cc1.O=C([O-])c1cccc(C(=O)[O-])c1S(=O)(=O)O.[Na+]. The molecule has 0 aliphatic heterocycles. The monoisotopic (exact) mass is 431 g/mol. The van der Waals surface area contributed by atoms with E-state index in [-0.39, 0.29) is 40.7 Å². The number of hydrogen-bond acceptors (Lipinski definition) is 10. The Bertz CT molecular complexity index is 978. The van der Waals surface area contributed by atoms with E-state index < -0.39 is 50.0 Å². The molecule has 0 heterocycles. The second kappa shape index (κ2) is 10.7. The minimum atomic E-state index is -5.00. The number of rotatable bonds is 5. The van der Waals surface area contributed by atoms with Crippen molar-refractivity contribution in [1.29, 1.82) is 0 Å². The van der Waals surface area contributed by atoms with Gasteiger partial charge < -0.3 is 39.6 Å². The predicted octanol–water partition coefficient (Wildman–Crippen LogP) is -6.92. The first-order valence-electron chi connectivity index (χ1n) is 6.92. The van der Waals surface area contributed by atoms with Crippen molar-refractivity contribution in [2.45, 2.75) is 4.90 Å². The fourth-order valence-corrected chi connectivity index (χ4v) is 2.74. The molecule has 0 aromatic heterocycles. The normalized spacial score (nSPS) is 9.97. The minimum Gasteiger partial charge on any atom is -0.545 e. The van der Waals surface area contributed by atoms with Crippen molar-refractivity contribution >= 4 is 34.0 Å². The van der Waals surface area contributed by atoms with E-state index in [0.29, 0.717) is 0 Å². The summed E-state index contributed by atoms with van der Waals surface area (Å²) in [5, 5.41) is 41.5. The van der Waals surface area contributed by atoms with Crippen molar-refractivity contribution in [3.05, 3.63) is 64.7 Å². The summed E-state index contributed by atoms with van der Waals surface area (Å²) >= 11 is 0. The molecule has 1 N–H and O–H groups in total. The molecule has 0 atom stereocenters. The van der Waals surface area contributed by atoms with Crippen LogP contribution in [-0.2, 0) is 10.1 Å². The third kappa shape index (κ3) is 7.29. The Labute approximate surface area is 185 Å². The van der Waals surface area contributed by atoms with Gasteiger partial charge in [0.2, 0.25) is 0 Å². The molecule has 0 saturated heterocycles. The number of benzene rings is 2. The first-order chi connectivity index (χ1) is 12.9. The Kier molecular flexibility index (Phi) is 9.67. The summed E-state index contributed by atoms with van der Waals surface area (Å²) in [5.41, 5.74) is -1.99. The number of carboxylic acid groups (broad SMARTS) is 4. The van der Waals surface area contributed by atoms with Crippen LogP contribution in [0.3, 0.4) is 0 Å². The Morgan fingerprint density at radius 1 is 0.655 bits per heavy atom. The minimum absolute atomic E-state index is 0. The van der Waals surface area contributed by atoms with E-state index in [1.54, 1.807) is 0 Å². The summed E-state index contributed by atoms with van der Waals surface area (Å²) in [7, 11) is -5.00. The first-order valence-corrected chi connectivity index (χ1v) is 8.36. The topological polar surface area (TPSA) is 215 Å². The molecule has 0 bridgehead atoms. The number of carboxylic acids is 4. The number of carbonyl (C=O) groups excluding carboxylic acids is 4. The zero-order valence-corrected chi connectivity index (χ0v) is 17.3. The Morgan fingerprint density at radius 3 is 1.17 bits per heavy atom. The Balaban J connectivity index is 0.000000542. The van der Waals surface area contributed by atoms with Gasteiger partial charge in [-0.15, -0.1) is 0 Å². The molecule has 0 unspecified atom stereocenters. The maximum Gasteiger partial charge on any atom is 1.00 e. The molecule has 0 radical (unpaired) electrons. The molecule has 13 heteroatoms. The van der Waals surface area contributed by atoms with Gasteiger partial charge in [-0.1, -0.05) is 42.5 Å². The van der Waals surface area contributed by atoms with Gasteiger partial charge in [-0.25, -0.2) is 0 Å². The molecule has 11 nitrogen and oxygen atoms in total. The molecule has 2 aromatic rings. The second-order valence-corrected chi connectivity index (χ2v) is 6.24. The van der Waals surface area contributed by atoms with Crippen LogP contribution >= 0.6 is 0 Å². The maximum atomic E-state index is 10.9. The maximum absolute atomic E-state index is 10.9. The standard InChI is InChI=1S/C8H6O7S.C8H6O4.Na/c9-7(10)4-2-1-3-5(8(11)12)6(4)16(13,14)15;9-7(10)5-1-2-6(4-3-5)8(11)12;/h1-3H,(H,9,10)(H,11,12)(H,13,14,15);1-4H,(H,9,10)(H,11,12);/q;;+1/p-4. The van der Waals surface area contributed by atoms with Crippen LogP contribution in [0, 0.1) is 0 Å². The summed E-state index contributed by atoms with van der Waals surface area (Å²) in [6, 6.07) is 7.20. The van der Waals surface area contributed by atoms with Crippen LogP contribution in [0.15, 0.2) is 47.4 Å².